The van der Waals surface area contributed by atoms with Gasteiger partial charge in [0, 0.05) is 6.08 Å². The van der Waals surface area contributed by atoms with Gasteiger partial charge in [-0.1, -0.05) is 12.1 Å². The molecule has 0 bridgehead atoms. The lowest BCUT2D eigenvalue weighted by atomic mass is 10.00. The van der Waals surface area contributed by atoms with E-state index in [0.29, 0.717) is 18.4 Å². The van der Waals surface area contributed by atoms with Gasteiger partial charge in [0.1, 0.15) is 11.3 Å². The smallest absolute Gasteiger partial charge is 0.387 e. The highest BCUT2D eigenvalue weighted by Crippen LogP contribution is 2.28. The van der Waals surface area contributed by atoms with E-state index in [9.17, 15) is 23.6 Å². The first-order valence-electron chi connectivity index (χ1n) is 8.04. The first-order chi connectivity index (χ1) is 12.4. The third-order valence-electron chi connectivity index (χ3n) is 3.91. The second kappa shape index (κ2) is 8.94. The van der Waals surface area contributed by atoms with E-state index >= 15 is 0 Å². The molecule has 0 spiro atoms. The van der Waals surface area contributed by atoms with E-state index in [4.69, 9.17) is 4.74 Å². The van der Waals surface area contributed by atoms with Crippen LogP contribution in [0.1, 0.15) is 31.2 Å². The van der Waals surface area contributed by atoms with Crippen molar-refractivity contribution in [3.05, 3.63) is 35.9 Å². The zero-order valence-electron chi connectivity index (χ0n) is 13.9. The van der Waals surface area contributed by atoms with Crippen molar-refractivity contribution in [3.63, 3.8) is 0 Å². The van der Waals surface area contributed by atoms with Gasteiger partial charge in [0.25, 0.3) is 5.91 Å². The predicted octanol–water partition coefficient (Wildman–Crippen LogP) is 2.80. The summed E-state index contributed by atoms with van der Waals surface area (Å²) in [6.45, 7) is -3.38. The Hall–Kier alpha value is -2.95. The van der Waals surface area contributed by atoms with Gasteiger partial charge in [-0.2, -0.15) is 14.0 Å². The van der Waals surface area contributed by atoms with Crippen molar-refractivity contribution in [2.75, 3.05) is 6.61 Å². The van der Waals surface area contributed by atoms with Crippen molar-refractivity contribution < 1.29 is 27.8 Å². The highest BCUT2D eigenvalue weighted by molar-refractivity contribution is 5.89. The van der Waals surface area contributed by atoms with E-state index in [1.165, 1.54) is 30.3 Å². The van der Waals surface area contributed by atoms with Crippen LogP contribution in [-0.4, -0.2) is 30.6 Å². The number of nitrogens with zero attached hydrogens (tertiary/aromatic N) is 1. The number of nitrogens with one attached hydrogen (secondary N) is 1. The van der Waals surface area contributed by atoms with Crippen molar-refractivity contribution in [1.82, 2.24) is 5.32 Å². The van der Waals surface area contributed by atoms with Crippen LogP contribution in [0, 0.1) is 11.3 Å². The van der Waals surface area contributed by atoms with Crippen LogP contribution in [-0.2, 0) is 14.3 Å². The number of nitriles is 1. The molecule has 8 heteroatoms. The number of benzene rings is 1. The third-order valence-corrected chi connectivity index (χ3v) is 3.91. The summed E-state index contributed by atoms with van der Waals surface area (Å²) >= 11 is 0. The fourth-order valence-corrected chi connectivity index (χ4v) is 2.66. The van der Waals surface area contributed by atoms with E-state index in [1.807, 2.05) is 0 Å². The van der Waals surface area contributed by atoms with Gasteiger partial charge in [0.2, 0.25) is 0 Å². The normalized spacial score (nSPS) is 15.6. The van der Waals surface area contributed by atoms with Gasteiger partial charge >= 0.3 is 12.6 Å². The number of ether oxygens (including phenoxy) is 2. The molecule has 1 N–H and O–H groups in total. The molecule has 0 saturated heterocycles. The number of halogens is 2. The summed E-state index contributed by atoms with van der Waals surface area (Å²) in [4.78, 5) is 23.5. The van der Waals surface area contributed by atoms with Crippen molar-refractivity contribution in [2.24, 2.45) is 0 Å². The first-order valence-corrected chi connectivity index (χ1v) is 8.04. The van der Waals surface area contributed by atoms with Crippen LogP contribution in [0.3, 0.4) is 0 Å². The molecule has 0 unspecified atom stereocenters. The monoisotopic (exact) mass is 364 g/mol. The molecule has 1 aliphatic rings. The zero-order valence-corrected chi connectivity index (χ0v) is 13.9. The van der Waals surface area contributed by atoms with E-state index in [1.54, 1.807) is 0 Å². The number of rotatable bonds is 7. The molecule has 1 fully saturated rings. The van der Waals surface area contributed by atoms with Crippen LogP contribution in [0.5, 0.6) is 5.75 Å². The summed E-state index contributed by atoms with van der Waals surface area (Å²) in [6, 6.07) is 7.78. The molecule has 0 aliphatic heterocycles. The Morgan fingerprint density at radius 1 is 1.27 bits per heavy atom. The molecule has 138 valence electrons. The largest absolute Gasteiger partial charge is 0.452 e. The van der Waals surface area contributed by atoms with E-state index in [-0.39, 0.29) is 5.75 Å². The molecule has 1 aromatic rings. The molecular formula is C18H18F2N2O4. The maximum Gasteiger partial charge on any atom is 0.387 e. The number of hydrogen-bond acceptors (Lipinski definition) is 5. The molecule has 0 radical (unpaired) electrons. The minimum absolute atomic E-state index is 0.00901. The van der Waals surface area contributed by atoms with Gasteiger partial charge in [-0.15, -0.1) is 0 Å². The van der Waals surface area contributed by atoms with Crippen molar-refractivity contribution in [3.8, 4) is 11.8 Å². The van der Waals surface area contributed by atoms with E-state index < -0.39 is 30.6 Å². The van der Waals surface area contributed by atoms with Crippen LogP contribution in [0.2, 0.25) is 0 Å². The highest BCUT2D eigenvalue weighted by Gasteiger charge is 2.35. The van der Waals surface area contributed by atoms with E-state index in [2.05, 4.69) is 16.1 Å². The van der Waals surface area contributed by atoms with Gasteiger partial charge in [0.05, 0.1) is 6.07 Å². The first kappa shape index (κ1) is 19.4. The minimum Gasteiger partial charge on any atom is -0.452 e. The summed E-state index contributed by atoms with van der Waals surface area (Å²) in [5.74, 6) is -1.25. The highest BCUT2D eigenvalue weighted by atomic mass is 19.3. The van der Waals surface area contributed by atoms with Crippen LogP contribution < -0.4 is 10.1 Å². The summed E-state index contributed by atoms with van der Waals surface area (Å²) in [7, 11) is 0. The molecule has 0 atom stereocenters. The topological polar surface area (TPSA) is 88.4 Å². The Morgan fingerprint density at radius 2 is 1.92 bits per heavy atom. The maximum atomic E-state index is 12.1. The number of esters is 1. The fourth-order valence-electron chi connectivity index (χ4n) is 2.66. The van der Waals surface area contributed by atoms with Crippen LogP contribution >= 0.6 is 0 Å². The van der Waals surface area contributed by atoms with E-state index in [0.717, 1.165) is 18.9 Å². The summed E-state index contributed by atoms with van der Waals surface area (Å²) in [5, 5.41) is 11.8. The van der Waals surface area contributed by atoms with Crippen molar-refractivity contribution in [1.29, 1.82) is 5.26 Å². The molecule has 1 saturated carbocycles. The molecule has 0 heterocycles. The summed E-state index contributed by atoms with van der Waals surface area (Å²) < 4.78 is 33.1. The third kappa shape index (κ3) is 5.84. The lowest BCUT2D eigenvalue weighted by molar-refractivity contribution is -0.144. The summed E-state index contributed by atoms with van der Waals surface area (Å²) in [6.07, 6.45) is 5.46. The molecule has 1 aromatic carbocycles. The molecule has 0 aromatic heterocycles. The standard InChI is InChI=1S/C18H18F2N2O4/c19-17(20)26-14-6-3-13(4-7-14)5-8-16(24)25-11-15(23)22-18(12-21)9-1-2-10-18/h3-8,17H,1-2,9-11H2,(H,22,23)/b8-5+. The van der Waals surface area contributed by atoms with Gasteiger partial charge in [0.15, 0.2) is 6.61 Å². The molecule has 26 heavy (non-hydrogen) atoms. The van der Waals surface area contributed by atoms with Gasteiger partial charge in [-0.3, -0.25) is 4.79 Å². The number of carbonyl (C=O) groups excluding carboxylic acids is 2. The zero-order chi connectivity index (χ0) is 19.0. The Kier molecular flexibility index (Phi) is 6.67. The number of alkyl halides is 2. The average Bonchev–Trinajstić information content (AvgIpc) is 3.08. The second-order valence-electron chi connectivity index (χ2n) is 5.84. The maximum absolute atomic E-state index is 12.1. The molecule has 1 aliphatic carbocycles. The van der Waals surface area contributed by atoms with Gasteiger partial charge in [-0.05, 0) is 49.5 Å². The molecule has 6 nitrogen and oxygen atoms in total. The fraction of sp³-hybridized carbons (Fsp3) is 0.389. The minimum atomic E-state index is -2.90. The van der Waals surface area contributed by atoms with Gasteiger partial charge in [-0.25, -0.2) is 4.79 Å². The quantitative estimate of drug-likeness (QED) is 0.594. The predicted molar refractivity (Wildman–Crippen MR) is 88.0 cm³/mol. The Labute approximate surface area is 149 Å². The summed E-state index contributed by atoms with van der Waals surface area (Å²) in [5.41, 5.74) is -0.288. The number of hydrogen-bond donors (Lipinski definition) is 1. The lowest BCUT2D eigenvalue weighted by Gasteiger charge is -2.21. The van der Waals surface area contributed by atoms with Crippen LogP contribution in [0.4, 0.5) is 8.78 Å². The van der Waals surface area contributed by atoms with Crippen molar-refractivity contribution >= 4 is 18.0 Å². The Bertz CT molecular complexity index is 705. The van der Waals surface area contributed by atoms with Gasteiger partial charge < -0.3 is 14.8 Å². The molecular weight excluding hydrogens is 346 g/mol. The average molecular weight is 364 g/mol. The SMILES string of the molecule is N#CC1(NC(=O)COC(=O)/C=C/c2ccc(OC(F)F)cc2)CCCC1. The van der Waals surface area contributed by atoms with Crippen molar-refractivity contribution in [2.45, 2.75) is 37.8 Å². The number of amides is 1. The molecule has 1 amide bonds. The number of carbonyl (C=O) groups is 2. The lowest BCUT2D eigenvalue weighted by Crippen LogP contribution is -2.46. The Balaban J connectivity index is 1.78. The molecule has 2 rings (SSSR count). The van der Waals surface area contributed by atoms with Crippen LogP contribution in [0.15, 0.2) is 30.3 Å². The Morgan fingerprint density at radius 3 is 2.50 bits per heavy atom. The van der Waals surface area contributed by atoms with Crippen LogP contribution in [0.25, 0.3) is 6.08 Å². The second-order valence-corrected chi connectivity index (χ2v) is 5.84.